The zero-order valence-electron chi connectivity index (χ0n) is 8.12. The van der Waals surface area contributed by atoms with E-state index in [1.54, 1.807) is 12.4 Å². The van der Waals surface area contributed by atoms with Gasteiger partial charge in [-0.3, -0.25) is 0 Å². The van der Waals surface area contributed by atoms with E-state index < -0.39 is 0 Å². The highest BCUT2D eigenvalue weighted by atomic mass is 127. The van der Waals surface area contributed by atoms with Crippen molar-refractivity contribution >= 4 is 34.4 Å². The Morgan fingerprint density at radius 1 is 1.31 bits per heavy atom. The molecule has 6 nitrogen and oxygen atoms in total. The minimum Gasteiger partial charge on any atom is -0.230 e. The van der Waals surface area contributed by atoms with Gasteiger partial charge in [-0.2, -0.15) is 0 Å². The van der Waals surface area contributed by atoms with Gasteiger partial charge in [0, 0.05) is 16.0 Å². The maximum Gasteiger partial charge on any atom is 0.217 e. The zero-order chi connectivity index (χ0) is 11.0. The first-order chi connectivity index (χ1) is 7.83. The van der Waals surface area contributed by atoms with E-state index in [0.717, 1.165) is 21.6 Å². The normalized spacial score (nSPS) is 15.3. The molecule has 0 radical (unpaired) electrons. The van der Waals surface area contributed by atoms with Crippen LogP contribution in [0.4, 0.5) is 0 Å². The molecule has 0 bridgehead atoms. The molecule has 2 aromatic heterocycles. The lowest BCUT2D eigenvalue weighted by atomic mass is 10.7. The number of tetrazole rings is 1. The maximum atomic E-state index is 4.21. The van der Waals surface area contributed by atoms with Gasteiger partial charge in [-0.15, -0.1) is 5.10 Å². The third-order valence-corrected chi connectivity index (χ3v) is 3.54. The third-order valence-electron chi connectivity index (χ3n) is 2.13. The lowest BCUT2D eigenvalue weighted by Gasteiger charge is -2.00. The summed E-state index contributed by atoms with van der Waals surface area (Å²) in [6.07, 6.45) is 5.88. The molecule has 1 saturated carbocycles. The summed E-state index contributed by atoms with van der Waals surface area (Å²) in [7, 11) is 0. The van der Waals surface area contributed by atoms with E-state index in [9.17, 15) is 0 Å². The van der Waals surface area contributed by atoms with Crippen LogP contribution in [-0.2, 0) is 0 Å². The largest absolute Gasteiger partial charge is 0.230 e. The summed E-state index contributed by atoms with van der Waals surface area (Å²) in [5.74, 6) is 0. The van der Waals surface area contributed by atoms with E-state index in [4.69, 9.17) is 0 Å². The highest BCUT2D eigenvalue weighted by molar-refractivity contribution is 14.1. The first-order valence-electron chi connectivity index (χ1n) is 4.76. The molecule has 0 aromatic carbocycles. The van der Waals surface area contributed by atoms with Crippen molar-refractivity contribution in [3.8, 4) is 0 Å². The average Bonchev–Trinajstić information content (AvgIpc) is 3.03. The highest BCUT2D eigenvalue weighted by Crippen LogP contribution is 2.37. The van der Waals surface area contributed by atoms with Gasteiger partial charge in [-0.25, -0.2) is 14.6 Å². The van der Waals surface area contributed by atoms with Crippen LogP contribution in [0.1, 0.15) is 18.9 Å². The van der Waals surface area contributed by atoms with Gasteiger partial charge >= 0.3 is 0 Å². The molecule has 3 rings (SSSR count). The Kier molecular flexibility index (Phi) is 2.75. The van der Waals surface area contributed by atoms with Crippen LogP contribution < -0.4 is 0 Å². The Morgan fingerprint density at radius 3 is 2.75 bits per heavy atom. The van der Waals surface area contributed by atoms with Gasteiger partial charge in [0.2, 0.25) is 5.16 Å². The molecule has 2 heterocycles. The molecular formula is C8H7IN6S. The number of hydrogen-bond donors (Lipinski definition) is 0. The molecule has 0 unspecified atom stereocenters. The van der Waals surface area contributed by atoms with E-state index in [0.29, 0.717) is 11.2 Å². The summed E-state index contributed by atoms with van der Waals surface area (Å²) < 4.78 is 2.87. The van der Waals surface area contributed by atoms with E-state index >= 15 is 0 Å². The number of hydrogen-bond acceptors (Lipinski definition) is 6. The molecule has 16 heavy (non-hydrogen) atoms. The summed E-state index contributed by atoms with van der Waals surface area (Å²) in [5, 5.41) is 13.1. The molecule has 0 N–H and O–H groups in total. The summed E-state index contributed by atoms with van der Waals surface area (Å²) in [6, 6.07) is 0.473. The van der Waals surface area contributed by atoms with Crippen molar-refractivity contribution in [3.63, 3.8) is 0 Å². The topological polar surface area (TPSA) is 69.4 Å². The molecule has 0 saturated heterocycles. The Bertz CT molecular complexity index is 493. The van der Waals surface area contributed by atoms with Gasteiger partial charge in [-0.1, -0.05) is 0 Å². The second kappa shape index (κ2) is 4.24. The minimum absolute atomic E-state index is 0.473. The van der Waals surface area contributed by atoms with Crippen molar-refractivity contribution in [1.29, 1.82) is 0 Å². The SMILES string of the molecule is Ic1cnc(Sc2nnnn2C2CC2)nc1. The molecule has 0 aliphatic heterocycles. The molecule has 1 fully saturated rings. The number of nitrogens with zero attached hydrogens (tertiary/aromatic N) is 6. The van der Waals surface area contributed by atoms with E-state index in [1.807, 2.05) is 4.68 Å². The Balaban J connectivity index is 1.82. The van der Waals surface area contributed by atoms with Crippen molar-refractivity contribution in [2.75, 3.05) is 0 Å². The summed E-state index contributed by atoms with van der Waals surface area (Å²) >= 11 is 3.57. The fraction of sp³-hybridized carbons (Fsp3) is 0.375. The highest BCUT2D eigenvalue weighted by Gasteiger charge is 2.28. The predicted molar refractivity (Wildman–Crippen MR) is 65.0 cm³/mol. The Hall–Kier alpha value is -0.770. The second-order valence-corrected chi connectivity index (χ2v) is 5.60. The summed E-state index contributed by atoms with van der Waals surface area (Å²) in [6.45, 7) is 0. The van der Waals surface area contributed by atoms with Crippen LogP contribution in [0.3, 0.4) is 0 Å². The fourth-order valence-electron chi connectivity index (χ4n) is 1.24. The smallest absolute Gasteiger partial charge is 0.217 e. The van der Waals surface area contributed by atoms with Crippen molar-refractivity contribution in [2.45, 2.75) is 29.2 Å². The van der Waals surface area contributed by atoms with Crippen LogP contribution in [0, 0.1) is 3.57 Å². The molecule has 0 amide bonds. The van der Waals surface area contributed by atoms with Crippen LogP contribution in [-0.4, -0.2) is 30.2 Å². The summed E-state index contributed by atoms with van der Waals surface area (Å²) in [5.41, 5.74) is 0. The number of aromatic nitrogens is 6. The fourth-order valence-corrected chi connectivity index (χ4v) is 2.24. The Labute approximate surface area is 109 Å². The molecule has 1 aliphatic rings. The average molecular weight is 346 g/mol. The van der Waals surface area contributed by atoms with Crippen molar-refractivity contribution < 1.29 is 0 Å². The van der Waals surface area contributed by atoms with Crippen LogP contribution >= 0.6 is 34.4 Å². The molecule has 2 aromatic rings. The molecule has 1 aliphatic carbocycles. The zero-order valence-corrected chi connectivity index (χ0v) is 11.1. The van der Waals surface area contributed by atoms with Crippen LogP contribution in [0.15, 0.2) is 22.7 Å². The van der Waals surface area contributed by atoms with Crippen LogP contribution in [0.5, 0.6) is 0 Å². The lowest BCUT2D eigenvalue weighted by Crippen LogP contribution is -1.99. The predicted octanol–water partition coefficient (Wildman–Crippen LogP) is 1.55. The van der Waals surface area contributed by atoms with Gasteiger partial charge < -0.3 is 0 Å². The first-order valence-corrected chi connectivity index (χ1v) is 6.66. The van der Waals surface area contributed by atoms with Crippen molar-refractivity contribution in [3.05, 3.63) is 16.0 Å². The molecule has 8 heteroatoms. The molecular weight excluding hydrogens is 339 g/mol. The molecule has 82 valence electrons. The standard InChI is InChI=1S/C8H7IN6S/c9-5-3-10-7(11-4-5)16-8-12-13-14-15(8)6-1-2-6/h3-4,6H,1-2H2. The molecule has 0 atom stereocenters. The van der Waals surface area contributed by atoms with Gasteiger partial charge in [0.25, 0.3) is 0 Å². The number of halogens is 1. The first kappa shape index (κ1) is 10.4. The van der Waals surface area contributed by atoms with Crippen molar-refractivity contribution in [1.82, 2.24) is 30.2 Å². The van der Waals surface area contributed by atoms with Gasteiger partial charge in [0.05, 0.1) is 6.04 Å². The van der Waals surface area contributed by atoms with Crippen LogP contribution in [0.25, 0.3) is 0 Å². The monoisotopic (exact) mass is 346 g/mol. The van der Waals surface area contributed by atoms with E-state index in [2.05, 4.69) is 48.1 Å². The minimum atomic E-state index is 0.473. The van der Waals surface area contributed by atoms with Gasteiger partial charge in [0.1, 0.15) is 0 Å². The van der Waals surface area contributed by atoms with E-state index in [-0.39, 0.29) is 0 Å². The van der Waals surface area contributed by atoms with Crippen molar-refractivity contribution in [2.24, 2.45) is 0 Å². The lowest BCUT2D eigenvalue weighted by molar-refractivity contribution is 0.565. The number of rotatable bonds is 3. The third kappa shape index (κ3) is 2.17. The van der Waals surface area contributed by atoms with Gasteiger partial charge in [-0.05, 0) is 57.6 Å². The van der Waals surface area contributed by atoms with Crippen LogP contribution in [0.2, 0.25) is 0 Å². The Morgan fingerprint density at radius 2 is 2.06 bits per heavy atom. The van der Waals surface area contributed by atoms with E-state index in [1.165, 1.54) is 11.8 Å². The second-order valence-electron chi connectivity index (χ2n) is 3.42. The van der Waals surface area contributed by atoms with Gasteiger partial charge in [0.15, 0.2) is 5.16 Å². The maximum absolute atomic E-state index is 4.21. The summed E-state index contributed by atoms with van der Waals surface area (Å²) in [4.78, 5) is 8.42. The quantitative estimate of drug-likeness (QED) is 0.621. The molecule has 0 spiro atoms.